The number of aromatic nitrogens is 1. The number of furan rings is 1. The Hall–Kier alpha value is -3.40. The number of rotatable bonds is 4. The first kappa shape index (κ1) is 16.1. The summed E-state index contributed by atoms with van der Waals surface area (Å²) in [7, 11) is 0. The number of amides is 1. The number of pyridine rings is 1. The lowest BCUT2D eigenvalue weighted by Gasteiger charge is -2.22. The molecule has 1 amide bonds. The van der Waals surface area contributed by atoms with Crippen molar-refractivity contribution in [3.63, 3.8) is 0 Å². The smallest absolute Gasteiger partial charge is 0.294 e. The summed E-state index contributed by atoms with van der Waals surface area (Å²) in [5.41, 5.74) is 4.08. The molecule has 0 radical (unpaired) electrons. The van der Waals surface area contributed by atoms with E-state index in [0.29, 0.717) is 17.6 Å². The van der Waals surface area contributed by atoms with E-state index in [2.05, 4.69) is 4.98 Å². The molecule has 0 aliphatic heterocycles. The lowest BCUT2D eigenvalue weighted by molar-refractivity contribution is 0.0960. The van der Waals surface area contributed by atoms with Crippen LogP contribution in [0.5, 0.6) is 0 Å². The van der Waals surface area contributed by atoms with Gasteiger partial charge < -0.3 is 9.32 Å². The molecule has 0 spiro atoms. The van der Waals surface area contributed by atoms with Gasteiger partial charge in [0.05, 0.1) is 6.54 Å². The van der Waals surface area contributed by atoms with E-state index in [9.17, 15) is 4.79 Å². The fourth-order valence-corrected chi connectivity index (χ4v) is 2.92. The molecule has 2 heterocycles. The Morgan fingerprint density at radius 3 is 2.38 bits per heavy atom. The number of hydrogen-bond acceptors (Lipinski definition) is 3. The van der Waals surface area contributed by atoms with Crippen LogP contribution in [0, 0.1) is 6.92 Å². The monoisotopic (exact) mass is 342 g/mol. The van der Waals surface area contributed by atoms with Crippen LogP contribution in [0.25, 0.3) is 11.1 Å². The molecule has 0 saturated carbocycles. The first-order chi connectivity index (χ1) is 12.7. The Kier molecular flexibility index (Phi) is 4.23. The fourth-order valence-electron chi connectivity index (χ4n) is 2.92. The van der Waals surface area contributed by atoms with Gasteiger partial charge in [0.25, 0.3) is 5.91 Å². The SMILES string of the molecule is Cc1ccc2oc(C(=O)N(Cc3ccccc3)c3ccccc3)cc2n1. The second kappa shape index (κ2) is 6.84. The average molecular weight is 342 g/mol. The summed E-state index contributed by atoms with van der Waals surface area (Å²) in [6.45, 7) is 2.38. The van der Waals surface area contributed by atoms with Crippen LogP contribution in [0.15, 0.2) is 83.3 Å². The molecular formula is C22H18N2O2. The third kappa shape index (κ3) is 3.22. The number of anilines is 1. The van der Waals surface area contributed by atoms with Crippen molar-refractivity contribution in [3.8, 4) is 0 Å². The number of benzene rings is 2. The van der Waals surface area contributed by atoms with Crippen molar-refractivity contribution in [1.82, 2.24) is 4.98 Å². The Morgan fingerprint density at radius 2 is 1.65 bits per heavy atom. The van der Waals surface area contributed by atoms with Crippen molar-refractivity contribution in [3.05, 3.63) is 95.9 Å². The minimum absolute atomic E-state index is 0.185. The number of para-hydroxylation sites is 1. The van der Waals surface area contributed by atoms with Gasteiger partial charge in [0.15, 0.2) is 11.3 Å². The Morgan fingerprint density at radius 1 is 0.962 bits per heavy atom. The van der Waals surface area contributed by atoms with Crippen LogP contribution in [-0.4, -0.2) is 10.9 Å². The van der Waals surface area contributed by atoms with Crippen LogP contribution in [0.2, 0.25) is 0 Å². The molecule has 0 unspecified atom stereocenters. The summed E-state index contributed by atoms with van der Waals surface area (Å²) in [4.78, 5) is 19.4. The van der Waals surface area contributed by atoms with Crippen molar-refractivity contribution in [2.45, 2.75) is 13.5 Å². The number of carbonyl (C=O) groups excluding carboxylic acids is 1. The fraction of sp³-hybridized carbons (Fsp3) is 0.0909. The summed E-state index contributed by atoms with van der Waals surface area (Å²) >= 11 is 0. The van der Waals surface area contributed by atoms with Crippen LogP contribution in [0.1, 0.15) is 21.8 Å². The lowest BCUT2D eigenvalue weighted by Crippen LogP contribution is -2.30. The summed E-state index contributed by atoms with van der Waals surface area (Å²) in [5.74, 6) is 0.105. The van der Waals surface area contributed by atoms with Gasteiger partial charge in [-0.15, -0.1) is 0 Å². The van der Waals surface area contributed by atoms with Gasteiger partial charge in [0.2, 0.25) is 0 Å². The van der Waals surface area contributed by atoms with Crippen molar-refractivity contribution in [2.24, 2.45) is 0 Å². The highest BCUT2D eigenvalue weighted by atomic mass is 16.3. The zero-order valence-corrected chi connectivity index (χ0v) is 14.4. The molecule has 0 aliphatic carbocycles. The van der Waals surface area contributed by atoms with Crippen LogP contribution in [0.4, 0.5) is 5.69 Å². The first-order valence-electron chi connectivity index (χ1n) is 8.49. The molecule has 0 bridgehead atoms. The van der Waals surface area contributed by atoms with Crippen molar-refractivity contribution < 1.29 is 9.21 Å². The minimum atomic E-state index is -0.185. The zero-order chi connectivity index (χ0) is 17.9. The maximum Gasteiger partial charge on any atom is 0.294 e. The molecular weight excluding hydrogens is 324 g/mol. The number of aryl methyl sites for hydroxylation is 1. The van der Waals surface area contributed by atoms with Gasteiger partial charge in [-0.1, -0.05) is 48.5 Å². The van der Waals surface area contributed by atoms with Crippen molar-refractivity contribution in [1.29, 1.82) is 0 Å². The molecule has 0 fully saturated rings. The lowest BCUT2D eigenvalue weighted by atomic mass is 10.2. The number of nitrogens with zero attached hydrogens (tertiary/aromatic N) is 2. The van der Waals surface area contributed by atoms with Gasteiger partial charge in [-0.05, 0) is 36.8 Å². The van der Waals surface area contributed by atoms with Gasteiger partial charge >= 0.3 is 0 Å². The van der Waals surface area contributed by atoms with E-state index in [1.54, 1.807) is 11.0 Å². The molecule has 2 aromatic carbocycles. The van der Waals surface area contributed by atoms with Gasteiger partial charge in [0, 0.05) is 17.4 Å². The van der Waals surface area contributed by atoms with Gasteiger partial charge in [-0.25, -0.2) is 4.98 Å². The molecule has 0 aliphatic rings. The molecule has 0 atom stereocenters. The molecule has 0 N–H and O–H groups in total. The third-order valence-electron chi connectivity index (χ3n) is 4.22. The Bertz CT molecular complexity index is 1040. The molecule has 2 aromatic heterocycles. The highest BCUT2D eigenvalue weighted by Crippen LogP contribution is 2.24. The number of hydrogen-bond donors (Lipinski definition) is 0. The van der Waals surface area contributed by atoms with Gasteiger partial charge in [0.1, 0.15) is 5.52 Å². The van der Waals surface area contributed by atoms with Crippen LogP contribution in [0.3, 0.4) is 0 Å². The minimum Gasteiger partial charge on any atom is -0.449 e. The number of fused-ring (bicyclic) bond motifs is 1. The average Bonchev–Trinajstić information content (AvgIpc) is 3.10. The van der Waals surface area contributed by atoms with Crippen LogP contribution >= 0.6 is 0 Å². The summed E-state index contributed by atoms with van der Waals surface area (Å²) in [6, 6.07) is 25.0. The molecule has 128 valence electrons. The van der Waals surface area contributed by atoms with Crippen LogP contribution < -0.4 is 4.90 Å². The van der Waals surface area contributed by atoms with E-state index < -0.39 is 0 Å². The third-order valence-corrected chi connectivity index (χ3v) is 4.22. The van der Waals surface area contributed by atoms with E-state index in [4.69, 9.17) is 4.42 Å². The predicted molar refractivity (Wildman–Crippen MR) is 102 cm³/mol. The van der Waals surface area contributed by atoms with Crippen molar-refractivity contribution in [2.75, 3.05) is 4.90 Å². The predicted octanol–water partition coefficient (Wildman–Crippen LogP) is 4.98. The maximum absolute atomic E-state index is 13.2. The highest BCUT2D eigenvalue weighted by Gasteiger charge is 2.22. The Labute approximate surface area is 151 Å². The molecule has 4 nitrogen and oxygen atoms in total. The molecule has 4 rings (SSSR count). The quantitative estimate of drug-likeness (QED) is 0.525. The highest BCUT2D eigenvalue weighted by molar-refractivity contribution is 6.05. The number of carbonyl (C=O) groups is 1. The first-order valence-corrected chi connectivity index (χ1v) is 8.49. The molecule has 4 heteroatoms. The normalized spacial score (nSPS) is 10.8. The second-order valence-corrected chi connectivity index (χ2v) is 6.16. The van der Waals surface area contributed by atoms with E-state index >= 15 is 0 Å². The summed E-state index contributed by atoms with van der Waals surface area (Å²) in [5, 5.41) is 0. The zero-order valence-electron chi connectivity index (χ0n) is 14.4. The van der Waals surface area contributed by atoms with Gasteiger partial charge in [-0.3, -0.25) is 4.79 Å². The molecule has 26 heavy (non-hydrogen) atoms. The van der Waals surface area contributed by atoms with E-state index in [1.165, 1.54) is 0 Å². The van der Waals surface area contributed by atoms with E-state index in [1.807, 2.05) is 79.7 Å². The Balaban J connectivity index is 1.73. The molecule has 0 saturated heterocycles. The van der Waals surface area contributed by atoms with Gasteiger partial charge in [-0.2, -0.15) is 0 Å². The van der Waals surface area contributed by atoms with Crippen molar-refractivity contribution >= 4 is 22.7 Å². The maximum atomic E-state index is 13.2. The second-order valence-electron chi connectivity index (χ2n) is 6.16. The summed E-state index contributed by atoms with van der Waals surface area (Å²) < 4.78 is 5.77. The van der Waals surface area contributed by atoms with E-state index in [0.717, 1.165) is 16.9 Å². The standard InChI is InChI=1S/C22H18N2O2/c1-16-12-13-20-19(23-16)14-21(26-20)22(25)24(18-10-6-3-7-11-18)15-17-8-4-2-5-9-17/h2-14H,15H2,1H3. The largest absolute Gasteiger partial charge is 0.449 e. The topological polar surface area (TPSA) is 46.3 Å². The van der Waals surface area contributed by atoms with Crippen LogP contribution in [-0.2, 0) is 6.54 Å². The van der Waals surface area contributed by atoms with E-state index in [-0.39, 0.29) is 11.7 Å². The molecule has 4 aromatic rings. The summed E-state index contributed by atoms with van der Waals surface area (Å²) in [6.07, 6.45) is 0.